The van der Waals surface area contributed by atoms with Gasteiger partial charge in [-0.05, 0) is 13.8 Å². The van der Waals surface area contributed by atoms with Crippen molar-refractivity contribution in [3.63, 3.8) is 0 Å². The minimum atomic E-state index is -0.762. The van der Waals surface area contributed by atoms with Crippen molar-refractivity contribution >= 4 is 11.7 Å². The van der Waals surface area contributed by atoms with E-state index in [4.69, 9.17) is 14.7 Å². The highest BCUT2D eigenvalue weighted by molar-refractivity contribution is 6.36. The fraction of sp³-hybridized carbons (Fsp3) is 0.750. The second-order valence-electron chi connectivity index (χ2n) is 3.13. The first-order chi connectivity index (χ1) is 6.11. The molecule has 1 unspecified atom stereocenters. The zero-order valence-electron chi connectivity index (χ0n) is 7.74. The number of esters is 1. The molecule has 1 N–H and O–H groups in total. The van der Waals surface area contributed by atoms with E-state index in [1.165, 1.54) is 0 Å². The molecular weight excluding hydrogens is 174 g/mol. The Balaban J connectivity index is 2.53. The molecule has 5 heteroatoms. The third-order valence-electron chi connectivity index (χ3n) is 1.76. The van der Waals surface area contributed by atoms with Crippen LogP contribution in [0, 0.1) is 0 Å². The van der Waals surface area contributed by atoms with Crippen LogP contribution in [0.3, 0.4) is 0 Å². The maximum absolute atomic E-state index is 11.1. The molecule has 1 heterocycles. The molecule has 0 spiro atoms. The number of nitrogens with zero attached hydrogens (tertiary/aromatic N) is 1. The van der Waals surface area contributed by atoms with Gasteiger partial charge >= 0.3 is 5.97 Å². The summed E-state index contributed by atoms with van der Waals surface area (Å²) in [5.74, 6) is -0.473. The summed E-state index contributed by atoms with van der Waals surface area (Å²) in [4.78, 5) is 16.0. The summed E-state index contributed by atoms with van der Waals surface area (Å²) in [5, 5.41) is 12.5. The van der Waals surface area contributed by atoms with E-state index in [9.17, 15) is 4.79 Å². The Kier molecular flexibility index (Phi) is 2.87. The predicted octanol–water partition coefficient (Wildman–Crippen LogP) is 0.0768. The minimum Gasteiger partial charge on any atom is -0.461 e. The Labute approximate surface area is 76.3 Å². The molecule has 1 aliphatic rings. The zero-order chi connectivity index (χ0) is 9.90. The molecule has 0 fully saturated rings. The van der Waals surface area contributed by atoms with Crippen molar-refractivity contribution in [1.82, 2.24) is 0 Å². The average molecular weight is 187 g/mol. The van der Waals surface area contributed by atoms with Crippen LogP contribution < -0.4 is 0 Å². The average Bonchev–Trinajstić information content (AvgIpc) is 2.50. The first-order valence-corrected chi connectivity index (χ1v) is 4.14. The molecule has 74 valence electrons. The molecule has 0 radical (unpaired) electrons. The predicted molar refractivity (Wildman–Crippen MR) is 45.3 cm³/mol. The fourth-order valence-corrected chi connectivity index (χ4v) is 0.993. The molecule has 0 amide bonds. The van der Waals surface area contributed by atoms with Crippen LogP contribution in [-0.2, 0) is 14.4 Å². The van der Waals surface area contributed by atoms with Crippen LogP contribution in [0.4, 0.5) is 0 Å². The highest BCUT2D eigenvalue weighted by Crippen LogP contribution is 2.22. The molecule has 0 aromatic carbocycles. The second kappa shape index (κ2) is 3.74. The number of aliphatic hydroxyl groups excluding tert-OH is 1. The van der Waals surface area contributed by atoms with Crippen molar-refractivity contribution in [2.24, 2.45) is 5.16 Å². The topological polar surface area (TPSA) is 68.1 Å². The number of carbonyl (C=O) groups is 1. The van der Waals surface area contributed by atoms with Crippen molar-refractivity contribution in [3.05, 3.63) is 0 Å². The highest BCUT2D eigenvalue weighted by atomic mass is 16.7. The van der Waals surface area contributed by atoms with Crippen LogP contribution in [-0.4, -0.2) is 35.6 Å². The Morgan fingerprint density at radius 2 is 2.54 bits per heavy atom. The maximum atomic E-state index is 11.1. The summed E-state index contributed by atoms with van der Waals surface area (Å²) in [6.45, 7) is 3.55. The van der Waals surface area contributed by atoms with E-state index < -0.39 is 11.6 Å². The molecule has 0 aromatic rings. The van der Waals surface area contributed by atoms with Gasteiger partial charge in [0.1, 0.15) is 0 Å². The summed E-state index contributed by atoms with van der Waals surface area (Å²) in [5.41, 5.74) is -0.527. The smallest absolute Gasteiger partial charge is 0.356 e. The number of aliphatic hydroxyl groups is 1. The fourth-order valence-electron chi connectivity index (χ4n) is 0.993. The molecule has 0 saturated carbocycles. The van der Waals surface area contributed by atoms with Crippen molar-refractivity contribution in [2.75, 3.05) is 13.2 Å². The third kappa shape index (κ3) is 2.18. The van der Waals surface area contributed by atoms with Gasteiger partial charge in [-0.2, -0.15) is 0 Å². The minimum absolute atomic E-state index is 0.167. The standard InChI is InChI=1S/C8H13NO4/c1-3-12-7(11)6-4-8(2,5-10)13-9-6/h10H,3-5H2,1-2H3. The monoisotopic (exact) mass is 187 g/mol. The lowest BCUT2D eigenvalue weighted by molar-refractivity contribution is -0.135. The van der Waals surface area contributed by atoms with Gasteiger partial charge in [0, 0.05) is 6.42 Å². The van der Waals surface area contributed by atoms with E-state index >= 15 is 0 Å². The summed E-state index contributed by atoms with van der Waals surface area (Å²) in [7, 11) is 0. The van der Waals surface area contributed by atoms with Gasteiger partial charge in [0.15, 0.2) is 11.3 Å². The van der Waals surface area contributed by atoms with Crippen LogP contribution >= 0.6 is 0 Å². The number of hydrogen-bond acceptors (Lipinski definition) is 5. The van der Waals surface area contributed by atoms with E-state index in [1.807, 2.05) is 0 Å². The summed E-state index contributed by atoms with van der Waals surface area (Å²) in [6, 6.07) is 0. The van der Waals surface area contributed by atoms with Crippen LogP contribution in [0.1, 0.15) is 20.3 Å². The molecule has 0 saturated heterocycles. The number of carbonyl (C=O) groups excluding carboxylic acids is 1. The second-order valence-corrected chi connectivity index (χ2v) is 3.13. The van der Waals surface area contributed by atoms with Crippen molar-refractivity contribution < 1.29 is 19.5 Å². The molecule has 0 aromatic heterocycles. The lowest BCUT2D eigenvalue weighted by Crippen LogP contribution is -2.31. The van der Waals surface area contributed by atoms with Gasteiger partial charge < -0.3 is 14.7 Å². The number of hydrogen-bond donors (Lipinski definition) is 1. The number of rotatable bonds is 3. The molecule has 0 aliphatic carbocycles. The van der Waals surface area contributed by atoms with Crippen LogP contribution in [0.25, 0.3) is 0 Å². The summed E-state index contributed by atoms with van der Waals surface area (Å²) in [6.07, 6.45) is 0.294. The normalized spacial score (nSPS) is 26.5. The van der Waals surface area contributed by atoms with E-state index in [1.54, 1.807) is 13.8 Å². The molecule has 1 rings (SSSR count). The Bertz CT molecular complexity index is 238. The van der Waals surface area contributed by atoms with E-state index in [0.29, 0.717) is 13.0 Å². The van der Waals surface area contributed by atoms with Gasteiger partial charge in [-0.25, -0.2) is 4.79 Å². The van der Waals surface area contributed by atoms with Gasteiger partial charge in [0.05, 0.1) is 13.2 Å². The number of oxime groups is 1. The SMILES string of the molecule is CCOC(=O)C1=NOC(C)(CO)C1. The third-order valence-corrected chi connectivity index (χ3v) is 1.76. The van der Waals surface area contributed by atoms with E-state index in [-0.39, 0.29) is 12.3 Å². The quantitative estimate of drug-likeness (QED) is 0.635. The van der Waals surface area contributed by atoms with Crippen LogP contribution in [0.5, 0.6) is 0 Å². The Morgan fingerprint density at radius 1 is 1.85 bits per heavy atom. The molecule has 1 aliphatic heterocycles. The molecule has 5 nitrogen and oxygen atoms in total. The highest BCUT2D eigenvalue weighted by Gasteiger charge is 2.37. The molecule has 1 atom stereocenters. The van der Waals surface area contributed by atoms with Gasteiger partial charge in [0.25, 0.3) is 0 Å². The van der Waals surface area contributed by atoms with Crippen molar-refractivity contribution in [1.29, 1.82) is 0 Å². The first kappa shape index (κ1) is 9.98. The Morgan fingerprint density at radius 3 is 3.00 bits per heavy atom. The number of ether oxygens (including phenoxy) is 1. The summed E-state index contributed by atoms with van der Waals surface area (Å²) < 4.78 is 4.73. The Hall–Kier alpha value is -1.10. The molecule has 0 bridgehead atoms. The van der Waals surface area contributed by atoms with E-state index in [0.717, 1.165) is 0 Å². The lowest BCUT2D eigenvalue weighted by Gasteiger charge is -2.16. The largest absolute Gasteiger partial charge is 0.461 e. The van der Waals surface area contributed by atoms with Gasteiger partial charge in [-0.15, -0.1) is 0 Å². The molecular formula is C8H13NO4. The first-order valence-electron chi connectivity index (χ1n) is 4.14. The van der Waals surface area contributed by atoms with Gasteiger partial charge in [0.2, 0.25) is 0 Å². The van der Waals surface area contributed by atoms with Crippen LogP contribution in [0.15, 0.2) is 5.16 Å². The lowest BCUT2D eigenvalue weighted by atomic mass is 10.0. The zero-order valence-corrected chi connectivity index (χ0v) is 7.74. The maximum Gasteiger partial charge on any atom is 0.356 e. The molecule has 13 heavy (non-hydrogen) atoms. The summed E-state index contributed by atoms with van der Waals surface area (Å²) >= 11 is 0. The van der Waals surface area contributed by atoms with Crippen LogP contribution in [0.2, 0.25) is 0 Å². The van der Waals surface area contributed by atoms with Crippen molar-refractivity contribution in [2.45, 2.75) is 25.9 Å². The van der Waals surface area contributed by atoms with Gasteiger partial charge in [-0.3, -0.25) is 0 Å². The van der Waals surface area contributed by atoms with Gasteiger partial charge in [-0.1, -0.05) is 5.16 Å². The van der Waals surface area contributed by atoms with E-state index in [2.05, 4.69) is 5.16 Å². The van der Waals surface area contributed by atoms with Crippen molar-refractivity contribution in [3.8, 4) is 0 Å².